The Labute approximate surface area is 105 Å². The molecule has 1 heterocycles. The van der Waals surface area contributed by atoms with Gasteiger partial charge >= 0.3 is 0 Å². The lowest BCUT2D eigenvalue weighted by Crippen LogP contribution is -2.40. The van der Waals surface area contributed by atoms with E-state index in [0.717, 1.165) is 12.1 Å². The maximum absolute atomic E-state index is 13.1. The third-order valence-electron chi connectivity index (χ3n) is 3.02. The summed E-state index contributed by atoms with van der Waals surface area (Å²) in [5.41, 5.74) is 5.62. The predicted molar refractivity (Wildman–Crippen MR) is 64.8 cm³/mol. The SMILES string of the molecule is Nc1ccc(F)cc1S(=O)(=O)N1CCC(O)CC1. The molecule has 5 nitrogen and oxygen atoms in total. The number of nitrogens with zero attached hydrogens (tertiary/aromatic N) is 1. The minimum atomic E-state index is -3.78. The minimum Gasteiger partial charge on any atom is -0.398 e. The molecule has 2 rings (SSSR count). The molecule has 0 bridgehead atoms. The largest absolute Gasteiger partial charge is 0.398 e. The van der Waals surface area contributed by atoms with Crippen LogP contribution in [0.3, 0.4) is 0 Å². The normalized spacial score (nSPS) is 19.0. The maximum atomic E-state index is 13.1. The highest BCUT2D eigenvalue weighted by Gasteiger charge is 2.30. The van der Waals surface area contributed by atoms with E-state index in [1.54, 1.807) is 0 Å². The Bertz CT molecular complexity index is 539. The second kappa shape index (κ2) is 4.83. The Kier molecular flexibility index (Phi) is 3.56. The van der Waals surface area contributed by atoms with Crippen LogP contribution in [-0.2, 0) is 10.0 Å². The molecule has 7 heteroatoms. The molecule has 1 aliphatic rings. The van der Waals surface area contributed by atoms with Crippen LogP contribution in [0.25, 0.3) is 0 Å². The van der Waals surface area contributed by atoms with Crippen LogP contribution < -0.4 is 5.73 Å². The molecule has 0 amide bonds. The molecule has 0 radical (unpaired) electrons. The van der Waals surface area contributed by atoms with E-state index >= 15 is 0 Å². The van der Waals surface area contributed by atoms with Crippen molar-refractivity contribution < 1.29 is 17.9 Å². The molecule has 1 fully saturated rings. The molecule has 0 spiro atoms. The van der Waals surface area contributed by atoms with Crippen molar-refractivity contribution in [1.82, 2.24) is 4.31 Å². The summed E-state index contributed by atoms with van der Waals surface area (Å²) in [6, 6.07) is 3.28. The molecule has 1 saturated heterocycles. The van der Waals surface area contributed by atoms with Crippen LogP contribution in [0.1, 0.15) is 12.8 Å². The molecule has 0 unspecified atom stereocenters. The molecule has 3 N–H and O–H groups in total. The number of hydrogen-bond acceptors (Lipinski definition) is 4. The molecule has 1 aromatic rings. The molecule has 0 atom stereocenters. The summed E-state index contributed by atoms with van der Waals surface area (Å²) < 4.78 is 38.9. The summed E-state index contributed by atoms with van der Waals surface area (Å²) in [6.45, 7) is 0.443. The van der Waals surface area contributed by atoms with Gasteiger partial charge in [0.25, 0.3) is 0 Å². The number of nitrogen functional groups attached to an aromatic ring is 1. The van der Waals surface area contributed by atoms with Crippen molar-refractivity contribution >= 4 is 15.7 Å². The van der Waals surface area contributed by atoms with Gasteiger partial charge in [0.15, 0.2) is 0 Å². The second-order valence-electron chi connectivity index (χ2n) is 4.32. The molecule has 1 aliphatic heterocycles. The van der Waals surface area contributed by atoms with Crippen LogP contribution >= 0.6 is 0 Å². The molecule has 0 aliphatic carbocycles. The standard InChI is InChI=1S/C11H15FN2O3S/c12-8-1-2-10(13)11(7-8)18(16,17)14-5-3-9(15)4-6-14/h1-2,7,9,15H,3-6,13H2. The lowest BCUT2D eigenvalue weighted by molar-refractivity contribution is 0.113. The number of halogens is 1. The van der Waals surface area contributed by atoms with Crippen LogP contribution in [0.2, 0.25) is 0 Å². The molecular weight excluding hydrogens is 259 g/mol. The third kappa shape index (κ3) is 2.47. The van der Waals surface area contributed by atoms with E-state index in [1.165, 1.54) is 10.4 Å². The van der Waals surface area contributed by atoms with Gasteiger partial charge in [0, 0.05) is 13.1 Å². The van der Waals surface area contributed by atoms with Gasteiger partial charge in [-0.15, -0.1) is 0 Å². The van der Waals surface area contributed by atoms with Gasteiger partial charge in [-0.1, -0.05) is 0 Å². The van der Waals surface area contributed by atoms with Gasteiger partial charge in [0.1, 0.15) is 10.7 Å². The number of rotatable bonds is 2. The number of anilines is 1. The average Bonchev–Trinajstić information content (AvgIpc) is 2.32. The van der Waals surface area contributed by atoms with Crippen LogP contribution in [-0.4, -0.2) is 37.0 Å². The first-order valence-corrected chi connectivity index (χ1v) is 7.08. The van der Waals surface area contributed by atoms with Gasteiger partial charge in [-0.3, -0.25) is 0 Å². The molecule has 18 heavy (non-hydrogen) atoms. The summed E-state index contributed by atoms with van der Waals surface area (Å²) in [5, 5.41) is 9.36. The minimum absolute atomic E-state index is 0.0301. The Morgan fingerprint density at radius 1 is 1.33 bits per heavy atom. The predicted octanol–water partition coefficient (Wildman–Crippen LogP) is 0.553. The molecular formula is C11H15FN2O3S. The van der Waals surface area contributed by atoms with E-state index in [9.17, 15) is 17.9 Å². The summed E-state index contributed by atoms with van der Waals surface area (Å²) in [4.78, 5) is -0.209. The number of nitrogens with two attached hydrogens (primary N) is 1. The maximum Gasteiger partial charge on any atom is 0.245 e. The van der Waals surface area contributed by atoms with Crippen LogP contribution in [0.15, 0.2) is 23.1 Å². The van der Waals surface area contributed by atoms with Crippen molar-refractivity contribution in [3.8, 4) is 0 Å². The van der Waals surface area contributed by atoms with E-state index in [2.05, 4.69) is 0 Å². The Balaban J connectivity index is 2.33. The van der Waals surface area contributed by atoms with Crippen molar-refractivity contribution in [2.24, 2.45) is 0 Å². The zero-order chi connectivity index (χ0) is 13.3. The molecule has 100 valence electrons. The Morgan fingerprint density at radius 2 is 1.94 bits per heavy atom. The zero-order valence-electron chi connectivity index (χ0n) is 9.71. The Morgan fingerprint density at radius 3 is 2.56 bits per heavy atom. The van der Waals surface area contributed by atoms with E-state index < -0.39 is 21.9 Å². The number of benzene rings is 1. The van der Waals surface area contributed by atoms with E-state index in [-0.39, 0.29) is 23.7 Å². The smallest absolute Gasteiger partial charge is 0.245 e. The van der Waals surface area contributed by atoms with Gasteiger partial charge < -0.3 is 10.8 Å². The van der Waals surface area contributed by atoms with Gasteiger partial charge in [-0.25, -0.2) is 12.8 Å². The second-order valence-corrected chi connectivity index (χ2v) is 6.22. The fourth-order valence-corrected chi connectivity index (χ4v) is 3.55. The number of sulfonamides is 1. The summed E-state index contributed by atoms with van der Waals surface area (Å²) in [5.74, 6) is -0.639. The van der Waals surface area contributed by atoms with Gasteiger partial charge in [0.05, 0.1) is 11.8 Å². The van der Waals surface area contributed by atoms with E-state index in [1.807, 2.05) is 0 Å². The first-order chi connectivity index (χ1) is 8.41. The quantitative estimate of drug-likeness (QED) is 0.772. The highest BCUT2D eigenvalue weighted by molar-refractivity contribution is 7.89. The van der Waals surface area contributed by atoms with Crippen molar-refractivity contribution in [2.75, 3.05) is 18.8 Å². The van der Waals surface area contributed by atoms with Crippen molar-refractivity contribution in [3.05, 3.63) is 24.0 Å². The molecule has 0 saturated carbocycles. The van der Waals surface area contributed by atoms with Gasteiger partial charge in [0.2, 0.25) is 10.0 Å². The van der Waals surface area contributed by atoms with E-state index in [0.29, 0.717) is 12.8 Å². The van der Waals surface area contributed by atoms with Crippen LogP contribution in [0, 0.1) is 5.82 Å². The van der Waals surface area contributed by atoms with Gasteiger partial charge in [-0.2, -0.15) is 4.31 Å². The summed E-state index contributed by atoms with van der Waals surface area (Å²) in [7, 11) is -3.78. The van der Waals surface area contributed by atoms with Crippen LogP contribution in [0.5, 0.6) is 0 Å². The third-order valence-corrected chi connectivity index (χ3v) is 4.97. The van der Waals surface area contributed by atoms with Crippen LogP contribution in [0.4, 0.5) is 10.1 Å². The first-order valence-electron chi connectivity index (χ1n) is 5.64. The fraction of sp³-hybridized carbons (Fsp3) is 0.455. The van der Waals surface area contributed by atoms with Crippen molar-refractivity contribution in [1.29, 1.82) is 0 Å². The number of hydrogen-bond donors (Lipinski definition) is 2. The average molecular weight is 274 g/mol. The Hall–Kier alpha value is -1.18. The van der Waals surface area contributed by atoms with Gasteiger partial charge in [-0.05, 0) is 31.0 Å². The molecule has 1 aromatic carbocycles. The monoisotopic (exact) mass is 274 g/mol. The highest BCUT2D eigenvalue weighted by atomic mass is 32.2. The fourth-order valence-electron chi connectivity index (χ4n) is 1.95. The topological polar surface area (TPSA) is 83.6 Å². The number of aliphatic hydroxyl groups excluding tert-OH is 1. The lowest BCUT2D eigenvalue weighted by atomic mass is 10.1. The zero-order valence-corrected chi connectivity index (χ0v) is 10.5. The number of piperidine rings is 1. The number of aliphatic hydroxyl groups is 1. The van der Waals surface area contributed by atoms with Crippen molar-refractivity contribution in [3.63, 3.8) is 0 Å². The van der Waals surface area contributed by atoms with E-state index in [4.69, 9.17) is 5.73 Å². The van der Waals surface area contributed by atoms with Crippen molar-refractivity contribution in [2.45, 2.75) is 23.8 Å². The summed E-state index contributed by atoms with van der Waals surface area (Å²) in [6.07, 6.45) is 0.296. The first kappa shape index (κ1) is 13.3. The summed E-state index contributed by atoms with van der Waals surface area (Å²) >= 11 is 0. The highest BCUT2D eigenvalue weighted by Crippen LogP contribution is 2.25. The lowest BCUT2D eigenvalue weighted by Gasteiger charge is -2.29. The molecule has 0 aromatic heterocycles.